The number of thioether (sulfide) groups is 1. The lowest BCUT2D eigenvalue weighted by Gasteiger charge is -2.01. The van der Waals surface area contributed by atoms with E-state index in [0.29, 0.717) is 0 Å². The second-order valence-corrected chi connectivity index (χ2v) is 4.85. The number of rotatable bonds is 6. The van der Waals surface area contributed by atoms with Crippen LogP contribution in [0.4, 0.5) is 0 Å². The first-order valence-electron chi connectivity index (χ1n) is 5.46. The Hall–Kier alpha value is -0.430. The Morgan fingerprint density at radius 3 is 2.43 bits per heavy atom. The van der Waals surface area contributed by atoms with E-state index < -0.39 is 0 Å². The first-order chi connectivity index (χ1) is 6.83. The third-order valence-corrected chi connectivity index (χ3v) is 3.40. The fourth-order valence-corrected chi connectivity index (χ4v) is 2.31. The van der Waals surface area contributed by atoms with E-state index in [1.165, 1.54) is 41.9 Å². The molecule has 0 amide bonds. The highest BCUT2D eigenvalue weighted by Crippen LogP contribution is 2.14. The smallest absolute Gasteiger partial charge is 0.0184 e. The van der Waals surface area contributed by atoms with Gasteiger partial charge in [-0.2, -0.15) is 11.8 Å². The lowest BCUT2D eigenvalue weighted by Crippen LogP contribution is -1.84. The molecule has 0 aliphatic rings. The molecule has 0 heterocycles. The Balaban J connectivity index is 2.15. The molecule has 0 unspecified atom stereocenters. The van der Waals surface area contributed by atoms with Crippen LogP contribution in [-0.2, 0) is 5.75 Å². The summed E-state index contributed by atoms with van der Waals surface area (Å²) in [4.78, 5) is 0. The Morgan fingerprint density at radius 2 is 1.79 bits per heavy atom. The average molecular weight is 208 g/mol. The van der Waals surface area contributed by atoms with Gasteiger partial charge in [-0.05, 0) is 24.7 Å². The lowest BCUT2D eigenvalue weighted by atomic mass is 10.2. The Kier molecular flexibility index (Phi) is 5.77. The Labute approximate surface area is 92.1 Å². The second kappa shape index (κ2) is 6.94. The van der Waals surface area contributed by atoms with Gasteiger partial charge in [0.1, 0.15) is 0 Å². The lowest BCUT2D eigenvalue weighted by molar-refractivity contribution is 0.778. The predicted molar refractivity (Wildman–Crippen MR) is 66.9 cm³/mol. The molecular formula is C13H20S. The van der Waals surface area contributed by atoms with Gasteiger partial charge in [0.25, 0.3) is 0 Å². The minimum absolute atomic E-state index is 1.17. The molecule has 0 atom stereocenters. The normalized spacial score (nSPS) is 10.4. The van der Waals surface area contributed by atoms with E-state index in [1.807, 2.05) is 0 Å². The van der Waals surface area contributed by atoms with Crippen molar-refractivity contribution < 1.29 is 0 Å². The molecule has 0 spiro atoms. The number of benzene rings is 1. The summed E-state index contributed by atoms with van der Waals surface area (Å²) >= 11 is 2.05. The van der Waals surface area contributed by atoms with E-state index in [4.69, 9.17) is 0 Å². The molecule has 0 aliphatic carbocycles. The maximum atomic E-state index is 2.25. The van der Waals surface area contributed by atoms with Crippen LogP contribution in [0.3, 0.4) is 0 Å². The highest BCUT2D eigenvalue weighted by Gasteiger charge is 1.93. The van der Waals surface area contributed by atoms with Crippen molar-refractivity contribution in [1.29, 1.82) is 0 Å². The molecule has 0 radical (unpaired) electrons. The number of hydrogen-bond donors (Lipinski definition) is 0. The minimum Gasteiger partial charge on any atom is -0.157 e. The van der Waals surface area contributed by atoms with Crippen LogP contribution in [-0.4, -0.2) is 5.75 Å². The molecule has 0 saturated heterocycles. The fraction of sp³-hybridized carbons (Fsp3) is 0.538. The molecule has 78 valence electrons. The van der Waals surface area contributed by atoms with Gasteiger partial charge in [0.15, 0.2) is 0 Å². The summed E-state index contributed by atoms with van der Waals surface area (Å²) in [6.45, 7) is 4.39. The van der Waals surface area contributed by atoms with E-state index in [9.17, 15) is 0 Å². The number of aryl methyl sites for hydroxylation is 1. The van der Waals surface area contributed by atoms with Gasteiger partial charge in [-0.15, -0.1) is 0 Å². The van der Waals surface area contributed by atoms with Crippen molar-refractivity contribution in [3.63, 3.8) is 0 Å². The van der Waals surface area contributed by atoms with Crippen LogP contribution in [0.2, 0.25) is 0 Å². The van der Waals surface area contributed by atoms with Crippen molar-refractivity contribution >= 4 is 11.8 Å². The number of hydrogen-bond acceptors (Lipinski definition) is 1. The summed E-state index contributed by atoms with van der Waals surface area (Å²) in [5, 5.41) is 0. The fourth-order valence-electron chi connectivity index (χ4n) is 1.33. The van der Waals surface area contributed by atoms with E-state index >= 15 is 0 Å². The molecule has 0 bridgehead atoms. The van der Waals surface area contributed by atoms with Crippen molar-refractivity contribution in [3.8, 4) is 0 Å². The van der Waals surface area contributed by atoms with Crippen molar-refractivity contribution in [1.82, 2.24) is 0 Å². The van der Waals surface area contributed by atoms with Crippen molar-refractivity contribution in [2.75, 3.05) is 5.75 Å². The highest BCUT2D eigenvalue weighted by molar-refractivity contribution is 7.98. The van der Waals surface area contributed by atoms with E-state index in [-0.39, 0.29) is 0 Å². The molecule has 0 nitrogen and oxygen atoms in total. The molecule has 0 aromatic heterocycles. The summed E-state index contributed by atoms with van der Waals surface area (Å²) in [5.74, 6) is 2.48. The van der Waals surface area contributed by atoms with Gasteiger partial charge in [0.05, 0.1) is 0 Å². The topological polar surface area (TPSA) is 0 Å². The summed E-state index contributed by atoms with van der Waals surface area (Å²) < 4.78 is 0. The van der Waals surface area contributed by atoms with Crippen molar-refractivity contribution in [3.05, 3.63) is 35.4 Å². The van der Waals surface area contributed by atoms with Crippen LogP contribution in [0.1, 0.15) is 37.3 Å². The summed E-state index contributed by atoms with van der Waals surface area (Å²) in [5.41, 5.74) is 2.81. The van der Waals surface area contributed by atoms with Crippen LogP contribution in [0.25, 0.3) is 0 Å². The van der Waals surface area contributed by atoms with Gasteiger partial charge in [-0.3, -0.25) is 0 Å². The molecule has 0 fully saturated rings. The molecule has 1 heteroatoms. The molecule has 1 aromatic rings. The molecule has 0 aliphatic heterocycles. The Bertz CT molecular complexity index is 238. The molecule has 1 rings (SSSR count). The second-order valence-electron chi connectivity index (χ2n) is 3.75. The molecule has 1 aromatic carbocycles. The van der Waals surface area contributed by atoms with Gasteiger partial charge in [-0.1, -0.05) is 49.6 Å². The van der Waals surface area contributed by atoms with E-state index in [0.717, 1.165) is 0 Å². The first-order valence-corrected chi connectivity index (χ1v) is 6.61. The van der Waals surface area contributed by atoms with Gasteiger partial charge in [0, 0.05) is 5.75 Å². The average Bonchev–Trinajstić information content (AvgIpc) is 2.21. The molecule has 0 N–H and O–H groups in total. The SMILES string of the molecule is CCCCCSCc1ccc(C)cc1. The Morgan fingerprint density at radius 1 is 1.07 bits per heavy atom. The molecule has 0 saturated carbocycles. The zero-order chi connectivity index (χ0) is 10.2. The van der Waals surface area contributed by atoms with Gasteiger partial charge < -0.3 is 0 Å². The minimum atomic E-state index is 1.17. The zero-order valence-electron chi connectivity index (χ0n) is 9.25. The summed E-state index contributed by atoms with van der Waals surface area (Å²) in [6, 6.07) is 8.87. The summed E-state index contributed by atoms with van der Waals surface area (Å²) in [6.07, 6.45) is 4.07. The maximum Gasteiger partial charge on any atom is 0.0184 e. The molecule has 14 heavy (non-hydrogen) atoms. The zero-order valence-corrected chi connectivity index (χ0v) is 10.1. The monoisotopic (exact) mass is 208 g/mol. The predicted octanol–water partition coefficient (Wildman–Crippen LogP) is 4.42. The third kappa shape index (κ3) is 4.71. The van der Waals surface area contributed by atoms with Crippen LogP contribution in [0, 0.1) is 6.92 Å². The van der Waals surface area contributed by atoms with E-state index in [1.54, 1.807) is 0 Å². The van der Waals surface area contributed by atoms with Gasteiger partial charge >= 0.3 is 0 Å². The number of unbranched alkanes of at least 4 members (excludes halogenated alkanes) is 2. The quantitative estimate of drug-likeness (QED) is 0.624. The largest absolute Gasteiger partial charge is 0.157 e. The van der Waals surface area contributed by atoms with Crippen molar-refractivity contribution in [2.24, 2.45) is 0 Å². The molecular weight excluding hydrogens is 188 g/mol. The standard InChI is InChI=1S/C13H20S/c1-3-4-5-10-14-11-13-8-6-12(2)7-9-13/h6-9H,3-5,10-11H2,1-2H3. The van der Waals surface area contributed by atoms with Crippen LogP contribution < -0.4 is 0 Å². The summed E-state index contributed by atoms with van der Waals surface area (Å²) in [7, 11) is 0. The van der Waals surface area contributed by atoms with Gasteiger partial charge in [-0.25, -0.2) is 0 Å². The van der Waals surface area contributed by atoms with Gasteiger partial charge in [0.2, 0.25) is 0 Å². The van der Waals surface area contributed by atoms with Crippen molar-refractivity contribution in [2.45, 2.75) is 38.9 Å². The van der Waals surface area contributed by atoms with Crippen LogP contribution in [0.5, 0.6) is 0 Å². The first kappa shape index (κ1) is 11.6. The third-order valence-electron chi connectivity index (χ3n) is 2.28. The van der Waals surface area contributed by atoms with Crippen LogP contribution in [0.15, 0.2) is 24.3 Å². The maximum absolute atomic E-state index is 2.25. The highest BCUT2D eigenvalue weighted by atomic mass is 32.2. The van der Waals surface area contributed by atoms with E-state index in [2.05, 4.69) is 49.9 Å². The van der Waals surface area contributed by atoms with Crippen LogP contribution >= 0.6 is 11.8 Å².